The van der Waals surface area contributed by atoms with Gasteiger partial charge in [0.05, 0.1) is 12.6 Å². The van der Waals surface area contributed by atoms with E-state index in [4.69, 9.17) is 11.6 Å². The first-order valence-corrected chi connectivity index (χ1v) is 7.41. The molecule has 1 aliphatic rings. The Labute approximate surface area is 119 Å². The van der Waals surface area contributed by atoms with Crippen LogP contribution in [0.5, 0.6) is 0 Å². The molecule has 0 amide bonds. The molecule has 1 atom stereocenters. The summed E-state index contributed by atoms with van der Waals surface area (Å²) in [5.41, 5.74) is 0. The molecule has 106 valence electrons. The number of anilines is 1. The first kappa shape index (κ1) is 14.5. The summed E-state index contributed by atoms with van der Waals surface area (Å²) in [6, 6.07) is 1.95. The molecule has 1 N–H and O–H groups in total. The molecule has 0 aliphatic carbocycles. The Morgan fingerprint density at radius 3 is 2.84 bits per heavy atom. The molecule has 0 bridgehead atoms. The molecule has 1 aromatic heterocycles. The molecule has 1 saturated heterocycles. The number of aliphatic hydroxyl groups is 1. The molecule has 4 nitrogen and oxygen atoms in total. The second-order valence-electron chi connectivity index (χ2n) is 5.44. The Hall–Kier alpha value is -0.870. The lowest BCUT2D eigenvalue weighted by Crippen LogP contribution is -2.38. The lowest BCUT2D eigenvalue weighted by molar-refractivity contribution is 0.254. The first-order chi connectivity index (χ1) is 9.11. The summed E-state index contributed by atoms with van der Waals surface area (Å²) in [6.07, 6.45) is 4.52. The van der Waals surface area contributed by atoms with Gasteiger partial charge < -0.3 is 10.0 Å². The summed E-state index contributed by atoms with van der Waals surface area (Å²) < 4.78 is 0. The van der Waals surface area contributed by atoms with E-state index >= 15 is 0 Å². The summed E-state index contributed by atoms with van der Waals surface area (Å²) in [4.78, 5) is 11.1. The Kier molecular flexibility index (Phi) is 4.99. The summed E-state index contributed by atoms with van der Waals surface area (Å²) in [5, 5.41) is 10.1. The Morgan fingerprint density at radius 1 is 1.37 bits per heavy atom. The van der Waals surface area contributed by atoms with E-state index in [0.29, 0.717) is 5.15 Å². The van der Waals surface area contributed by atoms with Gasteiger partial charge in [0, 0.05) is 18.5 Å². The summed E-state index contributed by atoms with van der Waals surface area (Å²) >= 11 is 6.10. The number of hydrogen-bond donors (Lipinski definition) is 1. The molecule has 0 aromatic carbocycles. The van der Waals surface area contributed by atoms with Crippen molar-refractivity contribution in [1.29, 1.82) is 0 Å². The van der Waals surface area contributed by atoms with Crippen LogP contribution in [0.2, 0.25) is 5.15 Å². The normalized spacial score (nSPS) is 20.7. The largest absolute Gasteiger partial charge is 0.394 e. The average molecular weight is 284 g/mol. The van der Waals surface area contributed by atoms with Crippen molar-refractivity contribution in [1.82, 2.24) is 9.97 Å². The fourth-order valence-electron chi connectivity index (χ4n) is 2.50. The van der Waals surface area contributed by atoms with Crippen molar-refractivity contribution in [2.24, 2.45) is 0 Å². The van der Waals surface area contributed by atoms with Crippen LogP contribution in [-0.2, 0) is 0 Å². The predicted molar refractivity (Wildman–Crippen MR) is 77.8 cm³/mol. The number of hydrogen-bond acceptors (Lipinski definition) is 4. The van der Waals surface area contributed by atoms with Crippen LogP contribution in [0.15, 0.2) is 6.07 Å². The van der Waals surface area contributed by atoms with Gasteiger partial charge in [-0.15, -0.1) is 0 Å². The molecule has 0 radical (unpaired) electrons. The average Bonchev–Trinajstić information content (AvgIpc) is 2.62. The van der Waals surface area contributed by atoms with E-state index in [0.717, 1.165) is 37.4 Å². The highest BCUT2D eigenvalue weighted by atomic mass is 35.5. The van der Waals surface area contributed by atoms with Gasteiger partial charge in [0.25, 0.3) is 0 Å². The highest BCUT2D eigenvalue weighted by Gasteiger charge is 2.22. The number of rotatable bonds is 3. The van der Waals surface area contributed by atoms with Gasteiger partial charge >= 0.3 is 0 Å². The molecule has 5 heteroatoms. The number of nitrogens with zero attached hydrogens (tertiary/aromatic N) is 3. The van der Waals surface area contributed by atoms with Gasteiger partial charge in [0.2, 0.25) is 0 Å². The molecule has 1 fully saturated rings. The minimum absolute atomic E-state index is 0.147. The minimum atomic E-state index is 0.147. The topological polar surface area (TPSA) is 49.2 Å². The van der Waals surface area contributed by atoms with Gasteiger partial charge in [-0.3, -0.25) is 0 Å². The van der Waals surface area contributed by atoms with Gasteiger partial charge in [0.15, 0.2) is 0 Å². The van der Waals surface area contributed by atoms with E-state index in [-0.39, 0.29) is 18.6 Å². The van der Waals surface area contributed by atoms with Gasteiger partial charge in [0.1, 0.15) is 16.8 Å². The lowest BCUT2D eigenvalue weighted by Gasteiger charge is -2.30. The van der Waals surface area contributed by atoms with Crippen molar-refractivity contribution in [2.45, 2.75) is 51.5 Å². The monoisotopic (exact) mass is 283 g/mol. The fourth-order valence-corrected chi connectivity index (χ4v) is 2.68. The van der Waals surface area contributed by atoms with Crippen LogP contribution in [0.3, 0.4) is 0 Å². The van der Waals surface area contributed by atoms with Crippen LogP contribution in [0.4, 0.5) is 5.82 Å². The molecular formula is C14H22ClN3O. The van der Waals surface area contributed by atoms with Gasteiger partial charge in [-0.05, 0) is 12.8 Å². The number of halogens is 1. The molecule has 0 saturated carbocycles. The minimum Gasteiger partial charge on any atom is -0.394 e. The van der Waals surface area contributed by atoms with Crippen LogP contribution in [0.25, 0.3) is 0 Å². The molecule has 19 heavy (non-hydrogen) atoms. The highest BCUT2D eigenvalue weighted by molar-refractivity contribution is 6.29. The predicted octanol–water partition coefficient (Wildman–Crippen LogP) is 2.99. The van der Waals surface area contributed by atoms with Crippen LogP contribution in [-0.4, -0.2) is 34.3 Å². The van der Waals surface area contributed by atoms with Crippen LogP contribution < -0.4 is 4.90 Å². The molecule has 2 rings (SSSR count). The van der Waals surface area contributed by atoms with E-state index in [9.17, 15) is 5.11 Å². The first-order valence-electron chi connectivity index (χ1n) is 7.03. The number of aromatic nitrogens is 2. The third-order valence-corrected chi connectivity index (χ3v) is 3.79. The van der Waals surface area contributed by atoms with Crippen LogP contribution in [0.1, 0.15) is 51.3 Å². The van der Waals surface area contributed by atoms with Crippen molar-refractivity contribution in [3.8, 4) is 0 Å². The molecular weight excluding hydrogens is 262 g/mol. The van der Waals surface area contributed by atoms with Gasteiger partial charge in [-0.2, -0.15) is 0 Å². The third kappa shape index (κ3) is 3.57. The summed E-state index contributed by atoms with van der Waals surface area (Å²) in [5.74, 6) is 1.87. The van der Waals surface area contributed by atoms with E-state index in [1.165, 1.54) is 6.42 Å². The smallest absolute Gasteiger partial charge is 0.135 e. The third-order valence-electron chi connectivity index (χ3n) is 3.60. The zero-order chi connectivity index (χ0) is 13.8. The fraction of sp³-hybridized carbons (Fsp3) is 0.714. The SMILES string of the molecule is CC(C)c1nc(Cl)cc(N2CCCCCC2CO)n1. The zero-order valence-electron chi connectivity index (χ0n) is 11.6. The van der Waals surface area contributed by atoms with Crippen molar-refractivity contribution in [3.63, 3.8) is 0 Å². The Morgan fingerprint density at radius 2 is 2.16 bits per heavy atom. The summed E-state index contributed by atoms with van der Waals surface area (Å²) in [7, 11) is 0. The van der Waals surface area contributed by atoms with Gasteiger partial charge in [-0.25, -0.2) is 9.97 Å². The van der Waals surface area contributed by atoms with E-state index in [1.807, 2.05) is 0 Å². The second-order valence-corrected chi connectivity index (χ2v) is 5.83. The lowest BCUT2D eigenvalue weighted by atomic mass is 10.1. The zero-order valence-corrected chi connectivity index (χ0v) is 12.4. The molecule has 0 spiro atoms. The van der Waals surface area contributed by atoms with Crippen LogP contribution >= 0.6 is 11.6 Å². The standard InChI is InChI=1S/C14H22ClN3O/c1-10(2)14-16-12(15)8-13(17-14)18-7-5-3-4-6-11(18)9-19/h8,10-11,19H,3-7,9H2,1-2H3. The van der Waals surface area contributed by atoms with Crippen molar-refractivity contribution in [2.75, 3.05) is 18.1 Å². The molecule has 1 unspecified atom stereocenters. The molecule has 1 aliphatic heterocycles. The Balaban J connectivity index is 2.32. The maximum atomic E-state index is 9.58. The van der Waals surface area contributed by atoms with E-state index in [2.05, 4.69) is 28.7 Å². The van der Waals surface area contributed by atoms with Crippen molar-refractivity contribution < 1.29 is 5.11 Å². The van der Waals surface area contributed by atoms with E-state index < -0.39 is 0 Å². The Bertz CT molecular complexity index is 425. The quantitative estimate of drug-likeness (QED) is 0.867. The van der Waals surface area contributed by atoms with Gasteiger partial charge in [-0.1, -0.05) is 38.3 Å². The van der Waals surface area contributed by atoms with Crippen molar-refractivity contribution >= 4 is 17.4 Å². The second kappa shape index (κ2) is 6.53. The maximum Gasteiger partial charge on any atom is 0.135 e. The molecule has 1 aromatic rings. The van der Waals surface area contributed by atoms with Crippen molar-refractivity contribution in [3.05, 3.63) is 17.0 Å². The molecule has 2 heterocycles. The summed E-state index contributed by atoms with van der Waals surface area (Å²) in [6.45, 7) is 5.21. The van der Waals surface area contributed by atoms with Crippen LogP contribution in [0, 0.1) is 0 Å². The highest BCUT2D eigenvalue weighted by Crippen LogP contribution is 2.25. The maximum absolute atomic E-state index is 9.58. The number of aliphatic hydroxyl groups excluding tert-OH is 1. The van der Waals surface area contributed by atoms with E-state index in [1.54, 1.807) is 6.07 Å².